The number of nitrogens with zero attached hydrogens (tertiary/aromatic N) is 5. The number of nitrogens with one attached hydrogen (secondary N) is 1. The molecule has 0 amide bonds. The first kappa shape index (κ1) is 9.30. The number of hydrogen-bond donors (Lipinski definition) is 2. The molecule has 2 aliphatic rings. The van der Waals surface area contributed by atoms with E-state index in [4.69, 9.17) is 5.21 Å². The van der Waals surface area contributed by atoms with Gasteiger partial charge >= 0.3 is 0 Å². The standard InChI is InChI=1S/C6H2N6O2S2/c13-7-1-3-5(11-15-9-3)2(8-14)6-4(1)10-16-12-6/h9,14H/b8-2+. The van der Waals surface area contributed by atoms with Crippen LogP contribution in [0.2, 0.25) is 0 Å². The molecule has 16 heavy (non-hydrogen) atoms. The molecule has 0 fully saturated rings. The summed E-state index contributed by atoms with van der Waals surface area (Å²) < 4.78 is 14.7. The number of nitroso groups, excluding NO2 is 1. The molecule has 0 spiro atoms. The van der Waals surface area contributed by atoms with Gasteiger partial charge in [0.1, 0.15) is 22.4 Å². The van der Waals surface area contributed by atoms with Crippen molar-refractivity contribution < 1.29 is 5.21 Å². The maximum absolute atomic E-state index is 10.8. The van der Waals surface area contributed by atoms with Crippen molar-refractivity contribution in [1.82, 2.24) is 17.5 Å². The maximum atomic E-state index is 10.8. The largest absolute Gasteiger partial charge is 0.410 e. The molecule has 0 unspecified atom stereocenters. The van der Waals surface area contributed by atoms with Gasteiger partial charge in [-0.1, -0.05) is 5.16 Å². The molecule has 0 radical (unpaired) electrons. The molecule has 1 aliphatic heterocycles. The quantitative estimate of drug-likeness (QED) is 0.385. The summed E-state index contributed by atoms with van der Waals surface area (Å²) in [6.07, 6.45) is 0. The minimum Gasteiger partial charge on any atom is -0.410 e. The van der Waals surface area contributed by atoms with E-state index in [2.05, 4.69) is 27.8 Å². The highest BCUT2D eigenvalue weighted by atomic mass is 32.1. The second-order valence-corrected chi connectivity index (χ2v) is 3.96. The number of rotatable bonds is 1. The second kappa shape index (κ2) is 3.28. The second-order valence-electron chi connectivity index (χ2n) is 2.86. The fourth-order valence-electron chi connectivity index (χ4n) is 1.44. The SMILES string of the molecule is O=Nc1c2[nH]snc-2/c(=N\O)c2nsnc12. The van der Waals surface area contributed by atoms with Crippen LogP contribution in [0, 0.1) is 4.91 Å². The van der Waals surface area contributed by atoms with E-state index in [0.29, 0.717) is 22.4 Å². The van der Waals surface area contributed by atoms with Crippen LogP contribution < -0.4 is 5.36 Å². The number of aromatic nitrogens is 4. The zero-order chi connectivity index (χ0) is 11.1. The van der Waals surface area contributed by atoms with Crippen LogP contribution >= 0.6 is 23.5 Å². The van der Waals surface area contributed by atoms with E-state index in [-0.39, 0.29) is 11.0 Å². The molecule has 2 N–H and O–H groups in total. The highest BCUT2D eigenvalue weighted by Gasteiger charge is 2.23. The summed E-state index contributed by atoms with van der Waals surface area (Å²) in [6, 6.07) is 0. The molecule has 2 heterocycles. The number of benzene rings is 1. The molecular formula is C6H2N6O2S2. The topological polar surface area (TPSA) is 116 Å². The molecule has 0 atom stereocenters. The number of aromatic amines is 1. The zero-order valence-electron chi connectivity index (χ0n) is 7.41. The van der Waals surface area contributed by atoms with E-state index in [9.17, 15) is 4.91 Å². The molecule has 0 bridgehead atoms. The Bertz CT molecular complexity index is 711. The molecule has 0 saturated carbocycles. The summed E-state index contributed by atoms with van der Waals surface area (Å²) in [6.45, 7) is 0. The Labute approximate surface area is 95.2 Å². The lowest BCUT2D eigenvalue weighted by Gasteiger charge is -1.98. The zero-order valence-corrected chi connectivity index (χ0v) is 9.04. The molecule has 0 saturated heterocycles. The summed E-state index contributed by atoms with van der Waals surface area (Å²) in [5.41, 5.74) is 1.56. The predicted octanol–water partition coefficient (Wildman–Crippen LogP) is 1.27. The van der Waals surface area contributed by atoms with Gasteiger partial charge in [-0.3, -0.25) is 4.37 Å². The van der Waals surface area contributed by atoms with Crippen molar-refractivity contribution in [1.29, 1.82) is 0 Å². The molecule has 10 heteroatoms. The molecule has 0 aromatic carbocycles. The van der Waals surface area contributed by atoms with Gasteiger partial charge in [-0.15, -0.1) is 4.91 Å². The highest BCUT2D eigenvalue weighted by molar-refractivity contribution is 7.00. The van der Waals surface area contributed by atoms with Crippen LogP contribution in [0.3, 0.4) is 0 Å². The lowest BCUT2D eigenvalue weighted by molar-refractivity contribution is 0.303. The summed E-state index contributed by atoms with van der Waals surface area (Å²) in [7, 11) is 0. The third-order valence-electron chi connectivity index (χ3n) is 2.11. The Morgan fingerprint density at radius 1 is 1.25 bits per heavy atom. The summed E-state index contributed by atoms with van der Waals surface area (Å²) in [5, 5.41) is 15.2. The summed E-state index contributed by atoms with van der Waals surface area (Å²) >= 11 is 1.95. The van der Waals surface area contributed by atoms with Gasteiger partial charge in [-0.05, 0) is 5.18 Å². The first-order chi connectivity index (χ1) is 7.86. The van der Waals surface area contributed by atoms with Crippen LogP contribution in [-0.2, 0) is 0 Å². The van der Waals surface area contributed by atoms with Crippen LogP contribution in [0.4, 0.5) is 5.69 Å². The smallest absolute Gasteiger partial charge is 0.163 e. The molecule has 1 aliphatic carbocycles. The summed E-state index contributed by atoms with van der Waals surface area (Å²) in [5.74, 6) is 0. The van der Waals surface area contributed by atoms with Gasteiger partial charge in [-0.2, -0.15) is 13.1 Å². The van der Waals surface area contributed by atoms with Crippen LogP contribution in [0.25, 0.3) is 22.4 Å². The van der Waals surface area contributed by atoms with Crippen molar-refractivity contribution in [3.8, 4) is 11.4 Å². The third kappa shape index (κ3) is 1.02. The van der Waals surface area contributed by atoms with Crippen molar-refractivity contribution >= 4 is 40.2 Å². The molecule has 1 aromatic heterocycles. The number of hydrogen-bond acceptors (Lipinski definition) is 9. The van der Waals surface area contributed by atoms with Crippen molar-refractivity contribution in [2.24, 2.45) is 10.3 Å². The van der Waals surface area contributed by atoms with E-state index in [1.165, 1.54) is 0 Å². The Hall–Kier alpha value is -1.94. The lowest BCUT2D eigenvalue weighted by atomic mass is 10.1. The van der Waals surface area contributed by atoms with Crippen LogP contribution in [0.1, 0.15) is 0 Å². The average molecular weight is 254 g/mol. The maximum Gasteiger partial charge on any atom is 0.163 e. The molecule has 3 rings (SSSR count). The van der Waals surface area contributed by atoms with E-state index in [0.717, 1.165) is 23.5 Å². The highest BCUT2D eigenvalue weighted by Crippen LogP contribution is 2.33. The van der Waals surface area contributed by atoms with E-state index < -0.39 is 0 Å². The molecule has 8 nitrogen and oxygen atoms in total. The Balaban J connectivity index is 2.70. The van der Waals surface area contributed by atoms with Crippen molar-refractivity contribution in [2.45, 2.75) is 0 Å². The van der Waals surface area contributed by atoms with Gasteiger partial charge in [0.2, 0.25) is 0 Å². The monoisotopic (exact) mass is 254 g/mol. The van der Waals surface area contributed by atoms with Gasteiger partial charge in [0.05, 0.1) is 11.7 Å². The van der Waals surface area contributed by atoms with Crippen molar-refractivity contribution in [2.75, 3.05) is 0 Å². The van der Waals surface area contributed by atoms with Crippen molar-refractivity contribution in [3.63, 3.8) is 0 Å². The number of H-pyrrole nitrogens is 1. The van der Waals surface area contributed by atoms with Gasteiger partial charge in [0.15, 0.2) is 11.0 Å². The van der Waals surface area contributed by atoms with Gasteiger partial charge < -0.3 is 5.21 Å². The third-order valence-corrected chi connectivity index (χ3v) is 3.21. The molecule has 80 valence electrons. The normalized spacial score (nSPS) is 12.6. The number of fused-ring (bicyclic) bond motifs is 2. The van der Waals surface area contributed by atoms with Gasteiger partial charge in [0.25, 0.3) is 0 Å². The minimum absolute atomic E-state index is 0.139. The van der Waals surface area contributed by atoms with Gasteiger partial charge in [0, 0.05) is 11.7 Å². The minimum atomic E-state index is 0.139. The van der Waals surface area contributed by atoms with E-state index in [1.54, 1.807) is 0 Å². The first-order valence-electron chi connectivity index (χ1n) is 4.00. The predicted molar refractivity (Wildman–Crippen MR) is 56.9 cm³/mol. The van der Waals surface area contributed by atoms with Crippen LogP contribution in [0.15, 0.2) is 10.3 Å². The van der Waals surface area contributed by atoms with Crippen molar-refractivity contribution in [3.05, 3.63) is 10.3 Å². The van der Waals surface area contributed by atoms with Crippen LogP contribution in [0.5, 0.6) is 0 Å². The van der Waals surface area contributed by atoms with Crippen LogP contribution in [-0.4, -0.2) is 22.7 Å². The first-order valence-corrected chi connectivity index (χ1v) is 5.51. The Morgan fingerprint density at radius 2 is 2.06 bits per heavy atom. The van der Waals surface area contributed by atoms with E-state index >= 15 is 0 Å². The molecular weight excluding hydrogens is 252 g/mol. The average Bonchev–Trinajstić information content (AvgIpc) is 2.93. The van der Waals surface area contributed by atoms with E-state index in [1.807, 2.05) is 0 Å². The van der Waals surface area contributed by atoms with Gasteiger partial charge in [-0.25, -0.2) is 0 Å². The summed E-state index contributed by atoms with van der Waals surface area (Å²) in [4.78, 5) is 10.8. The Morgan fingerprint density at radius 3 is 2.81 bits per heavy atom. The Kier molecular flexibility index (Phi) is 1.91. The lowest BCUT2D eigenvalue weighted by Crippen LogP contribution is -2.09. The fraction of sp³-hybridized carbons (Fsp3) is 0. The fourth-order valence-corrected chi connectivity index (χ4v) is 2.59. The molecule has 1 aromatic rings.